The first-order valence-corrected chi connectivity index (χ1v) is 12.0. The molecule has 0 radical (unpaired) electrons. The number of aromatic nitrogens is 1. The summed E-state index contributed by atoms with van der Waals surface area (Å²) in [7, 11) is 1.65. The van der Waals surface area contributed by atoms with Crippen LogP contribution < -0.4 is 4.74 Å². The SMILES string of the molecule is COc1cccc(CN2CCC(N3CC(=O)N(Cc4ccccc4)CC34CCOC4)CC2)n1. The van der Waals surface area contributed by atoms with Gasteiger partial charge in [-0.15, -0.1) is 0 Å². The summed E-state index contributed by atoms with van der Waals surface area (Å²) in [5, 5.41) is 0. The number of rotatable bonds is 6. The van der Waals surface area contributed by atoms with Crippen LogP contribution in [0.15, 0.2) is 48.5 Å². The lowest BCUT2D eigenvalue weighted by Gasteiger charge is -2.52. The summed E-state index contributed by atoms with van der Waals surface area (Å²) >= 11 is 0. The van der Waals surface area contributed by atoms with E-state index in [-0.39, 0.29) is 11.4 Å². The maximum Gasteiger partial charge on any atom is 0.237 e. The van der Waals surface area contributed by atoms with Gasteiger partial charge in [0, 0.05) is 51.4 Å². The second kappa shape index (κ2) is 9.79. The predicted molar refractivity (Wildman–Crippen MR) is 126 cm³/mol. The van der Waals surface area contributed by atoms with Crippen LogP contribution in [-0.2, 0) is 22.6 Å². The van der Waals surface area contributed by atoms with Crippen molar-refractivity contribution in [2.75, 3.05) is 46.5 Å². The Hall–Kier alpha value is -2.48. The van der Waals surface area contributed by atoms with Crippen molar-refractivity contribution >= 4 is 5.91 Å². The van der Waals surface area contributed by atoms with Gasteiger partial charge in [-0.05, 0) is 30.9 Å². The third kappa shape index (κ3) is 4.90. The summed E-state index contributed by atoms with van der Waals surface area (Å²) < 4.78 is 11.2. The Morgan fingerprint density at radius 2 is 1.91 bits per heavy atom. The Kier molecular flexibility index (Phi) is 6.62. The molecule has 176 valence electrons. The molecule has 0 aliphatic carbocycles. The van der Waals surface area contributed by atoms with Gasteiger partial charge in [-0.1, -0.05) is 36.4 Å². The Balaban J connectivity index is 1.23. The van der Waals surface area contributed by atoms with Crippen LogP contribution in [0.1, 0.15) is 30.5 Å². The number of ether oxygens (including phenoxy) is 2. The molecule has 7 heteroatoms. The molecule has 3 saturated heterocycles. The second-order valence-corrected chi connectivity index (χ2v) is 9.57. The highest BCUT2D eigenvalue weighted by Crippen LogP contribution is 2.35. The van der Waals surface area contributed by atoms with E-state index in [0.29, 0.717) is 25.0 Å². The van der Waals surface area contributed by atoms with Crippen molar-refractivity contribution in [1.82, 2.24) is 19.7 Å². The van der Waals surface area contributed by atoms with Crippen molar-refractivity contribution in [3.63, 3.8) is 0 Å². The minimum Gasteiger partial charge on any atom is -0.481 e. The molecule has 3 fully saturated rings. The highest BCUT2D eigenvalue weighted by molar-refractivity contribution is 5.79. The van der Waals surface area contributed by atoms with Crippen LogP contribution in [0, 0.1) is 0 Å². The van der Waals surface area contributed by atoms with Gasteiger partial charge < -0.3 is 14.4 Å². The van der Waals surface area contributed by atoms with Gasteiger partial charge in [0.25, 0.3) is 0 Å². The lowest BCUT2D eigenvalue weighted by Crippen LogP contribution is -2.68. The number of hydrogen-bond donors (Lipinski definition) is 0. The molecule has 3 aliphatic heterocycles. The lowest BCUT2D eigenvalue weighted by atomic mass is 9.88. The number of carbonyl (C=O) groups is 1. The summed E-state index contributed by atoms with van der Waals surface area (Å²) in [6.07, 6.45) is 3.13. The average molecular weight is 451 g/mol. The van der Waals surface area contributed by atoms with Crippen LogP contribution in [-0.4, -0.2) is 83.7 Å². The molecule has 2 aromatic rings. The molecule has 5 rings (SSSR count). The van der Waals surface area contributed by atoms with Gasteiger partial charge in [-0.25, -0.2) is 4.98 Å². The molecule has 7 nitrogen and oxygen atoms in total. The first kappa shape index (κ1) is 22.3. The fraction of sp³-hybridized carbons (Fsp3) is 0.538. The van der Waals surface area contributed by atoms with Gasteiger partial charge in [0.05, 0.1) is 31.5 Å². The fourth-order valence-corrected chi connectivity index (χ4v) is 5.64. The third-order valence-corrected chi connectivity index (χ3v) is 7.43. The first-order chi connectivity index (χ1) is 16.1. The highest BCUT2D eigenvalue weighted by atomic mass is 16.5. The largest absolute Gasteiger partial charge is 0.481 e. The number of benzene rings is 1. The minimum absolute atomic E-state index is 0.0517. The smallest absolute Gasteiger partial charge is 0.237 e. The second-order valence-electron chi connectivity index (χ2n) is 9.57. The van der Waals surface area contributed by atoms with Crippen LogP contribution in [0.25, 0.3) is 0 Å². The summed E-state index contributed by atoms with van der Waals surface area (Å²) in [6.45, 7) is 6.30. The summed E-state index contributed by atoms with van der Waals surface area (Å²) in [4.78, 5) is 24.7. The van der Waals surface area contributed by atoms with E-state index in [9.17, 15) is 4.79 Å². The summed E-state index contributed by atoms with van der Waals surface area (Å²) in [6, 6.07) is 16.7. The molecule has 33 heavy (non-hydrogen) atoms. The van der Waals surface area contributed by atoms with E-state index in [4.69, 9.17) is 9.47 Å². The van der Waals surface area contributed by atoms with Gasteiger partial charge in [0.2, 0.25) is 11.8 Å². The molecule has 1 amide bonds. The predicted octanol–water partition coefficient (Wildman–Crippen LogP) is 2.56. The number of piperazine rings is 1. The Morgan fingerprint density at radius 1 is 1.09 bits per heavy atom. The maximum atomic E-state index is 13.2. The Bertz CT molecular complexity index is 940. The van der Waals surface area contributed by atoms with Gasteiger partial charge in [-0.3, -0.25) is 14.6 Å². The normalized spacial score (nSPS) is 25.1. The molecule has 4 heterocycles. The quantitative estimate of drug-likeness (QED) is 0.674. The van der Waals surface area contributed by atoms with Crippen molar-refractivity contribution in [2.45, 2.75) is 43.9 Å². The number of hydrogen-bond acceptors (Lipinski definition) is 6. The standard InChI is InChI=1S/C26H34N4O3/c1-32-24-9-5-8-22(27-24)17-28-13-10-23(11-14-28)30-18-25(31)29(16-21-6-3-2-4-7-21)19-26(30)12-15-33-20-26/h2-9,23H,10-20H2,1H3. The zero-order chi connectivity index (χ0) is 22.7. The number of methoxy groups -OCH3 is 1. The summed E-state index contributed by atoms with van der Waals surface area (Å²) in [5.41, 5.74) is 2.18. The van der Waals surface area contributed by atoms with Crippen molar-refractivity contribution in [2.24, 2.45) is 0 Å². The zero-order valence-electron chi connectivity index (χ0n) is 19.5. The van der Waals surface area contributed by atoms with E-state index >= 15 is 0 Å². The van der Waals surface area contributed by atoms with E-state index in [2.05, 4.69) is 33.0 Å². The molecule has 1 aromatic heterocycles. The molecular weight excluding hydrogens is 416 g/mol. The van der Waals surface area contributed by atoms with Crippen molar-refractivity contribution < 1.29 is 14.3 Å². The Labute approximate surface area is 196 Å². The number of likely N-dealkylation sites (tertiary alicyclic amines) is 1. The molecule has 1 spiro atoms. The van der Waals surface area contributed by atoms with Crippen molar-refractivity contribution in [1.29, 1.82) is 0 Å². The number of piperidine rings is 1. The number of pyridine rings is 1. The number of nitrogens with zero attached hydrogens (tertiary/aromatic N) is 4. The number of carbonyl (C=O) groups excluding carboxylic acids is 1. The molecule has 0 N–H and O–H groups in total. The van der Waals surface area contributed by atoms with Crippen LogP contribution >= 0.6 is 0 Å². The molecular formula is C26H34N4O3. The highest BCUT2D eigenvalue weighted by Gasteiger charge is 2.49. The molecule has 0 bridgehead atoms. The van der Waals surface area contributed by atoms with Crippen molar-refractivity contribution in [3.8, 4) is 5.88 Å². The monoisotopic (exact) mass is 450 g/mol. The van der Waals surface area contributed by atoms with Gasteiger partial charge >= 0.3 is 0 Å². The number of amides is 1. The minimum atomic E-state index is -0.0517. The van der Waals surface area contributed by atoms with Crippen LogP contribution in [0.2, 0.25) is 0 Å². The van der Waals surface area contributed by atoms with Gasteiger partial charge in [0.1, 0.15) is 0 Å². The molecule has 1 aromatic carbocycles. The lowest BCUT2D eigenvalue weighted by molar-refractivity contribution is -0.148. The van der Waals surface area contributed by atoms with E-state index in [0.717, 1.165) is 64.3 Å². The Morgan fingerprint density at radius 3 is 2.64 bits per heavy atom. The maximum absolute atomic E-state index is 13.2. The van der Waals surface area contributed by atoms with E-state index in [1.54, 1.807) is 7.11 Å². The van der Waals surface area contributed by atoms with Crippen LogP contribution in [0.3, 0.4) is 0 Å². The summed E-state index contributed by atoms with van der Waals surface area (Å²) in [5.74, 6) is 0.900. The molecule has 3 aliphatic rings. The molecule has 0 saturated carbocycles. The molecule has 1 atom stereocenters. The fourth-order valence-electron chi connectivity index (χ4n) is 5.64. The van der Waals surface area contributed by atoms with E-state index in [1.165, 1.54) is 5.56 Å². The van der Waals surface area contributed by atoms with Crippen LogP contribution in [0.4, 0.5) is 0 Å². The van der Waals surface area contributed by atoms with E-state index in [1.807, 2.05) is 35.2 Å². The van der Waals surface area contributed by atoms with Crippen molar-refractivity contribution in [3.05, 3.63) is 59.8 Å². The van der Waals surface area contributed by atoms with Crippen LogP contribution in [0.5, 0.6) is 5.88 Å². The van der Waals surface area contributed by atoms with Gasteiger partial charge in [-0.2, -0.15) is 0 Å². The zero-order valence-corrected chi connectivity index (χ0v) is 19.5. The topological polar surface area (TPSA) is 58.1 Å². The van der Waals surface area contributed by atoms with E-state index < -0.39 is 0 Å². The average Bonchev–Trinajstić information content (AvgIpc) is 3.31. The first-order valence-electron chi connectivity index (χ1n) is 12.0. The third-order valence-electron chi connectivity index (χ3n) is 7.43. The van der Waals surface area contributed by atoms with Gasteiger partial charge in [0.15, 0.2) is 0 Å². The molecule has 1 unspecified atom stereocenters.